The van der Waals surface area contributed by atoms with Gasteiger partial charge in [0, 0.05) is 11.3 Å². The number of rotatable bonds is 7. The SMILES string of the molecule is COc1ccc(C(=O)Nc2ccc(S(=O)(=O)Nc3ccccc3Cl)cc2)cc1OC. The molecule has 156 valence electrons. The smallest absolute Gasteiger partial charge is 0.261 e. The Labute approximate surface area is 179 Å². The molecule has 0 bridgehead atoms. The van der Waals surface area contributed by atoms with Crippen LogP contribution in [0, 0.1) is 0 Å². The summed E-state index contributed by atoms with van der Waals surface area (Å²) in [6.45, 7) is 0. The fourth-order valence-electron chi connectivity index (χ4n) is 2.65. The number of carbonyl (C=O) groups is 1. The van der Waals surface area contributed by atoms with Crippen LogP contribution in [0.2, 0.25) is 5.02 Å². The molecule has 1 amide bonds. The van der Waals surface area contributed by atoms with Crippen molar-refractivity contribution in [2.75, 3.05) is 24.3 Å². The van der Waals surface area contributed by atoms with Crippen molar-refractivity contribution >= 4 is 38.9 Å². The van der Waals surface area contributed by atoms with E-state index >= 15 is 0 Å². The van der Waals surface area contributed by atoms with Crippen LogP contribution in [-0.2, 0) is 10.0 Å². The lowest BCUT2D eigenvalue weighted by Crippen LogP contribution is -2.14. The third-order valence-electron chi connectivity index (χ3n) is 4.19. The van der Waals surface area contributed by atoms with Gasteiger partial charge in [-0.05, 0) is 54.6 Å². The number of hydrogen-bond acceptors (Lipinski definition) is 5. The lowest BCUT2D eigenvalue weighted by atomic mass is 10.2. The lowest BCUT2D eigenvalue weighted by Gasteiger charge is -2.11. The van der Waals surface area contributed by atoms with Gasteiger partial charge in [0.25, 0.3) is 15.9 Å². The van der Waals surface area contributed by atoms with Crippen LogP contribution < -0.4 is 19.5 Å². The van der Waals surface area contributed by atoms with Gasteiger partial charge < -0.3 is 14.8 Å². The molecule has 3 aromatic rings. The number of methoxy groups -OCH3 is 2. The third kappa shape index (κ3) is 4.84. The van der Waals surface area contributed by atoms with Crippen molar-refractivity contribution in [3.63, 3.8) is 0 Å². The van der Waals surface area contributed by atoms with Crippen LogP contribution in [0.1, 0.15) is 10.4 Å². The predicted molar refractivity (Wildman–Crippen MR) is 116 cm³/mol. The number of nitrogens with one attached hydrogen (secondary N) is 2. The molecule has 9 heteroatoms. The molecule has 0 aliphatic carbocycles. The van der Waals surface area contributed by atoms with E-state index in [2.05, 4.69) is 10.0 Å². The van der Waals surface area contributed by atoms with Gasteiger partial charge in [0.1, 0.15) is 0 Å². The van der Waals surface area contributed by atoms with Gasteiger partial charge in [-0.1, -0.05) is 23.7 Å². The minimum absolute atomic E-state index is 0.0338. The summed E-state index contributed by atoms with van der Waals surface area (Å²) in [6, 6.07) is 17.1. The quantitative estimate of drug-likeness (QED) is 0.560. The first-order valence-corrected chi connectivity index (χ1v) is 10.6. The summed E-state index contributed by atoms with van der Waals surface area (Å²) in [5.41, 5.74) is 1.08. The Bertz CT molecular complexity index is 1160. The van der Waals surface area contributed by atoms with E-state index in [-0.39, 0.29) is 16.5 Å². The van der Waals surface area contributed by atoms with Crippen LogP contribution in [0.25, 0.3) is 0 Å². The molecule has 30 heavy (non-hydrogen) atoms. The van der Waals surface area contributed by atoms with E-state index in [1.54, 1.807) is 42.5 Å². The Morgan fingerprint density at radius 2 is 1.57 bits per heavy atom. The summed E-state index contributed by atoms with van der Waals surface area (Å²) in [5.74, 6) is 0.563. The zero-order valence-corrected chi connectivity index (χ0v) is 17.8. The number of anilines is 2. The zero-order chi connectivity index (χ0) is 21.7. The third-order valence-corrected chi connectivity index (χ3v) is 5.90. The van der Waals surface area contributed by atoms with Crippen molar-refractivity contribution in [1.82, 2.24) is 0 Å². The van der Waals surface area contributed by atoms with Crippen LogP contribution in [0.5, 0.6) is 11.5 Å². The maximum atomic E-state index is 12.6. The molecule has 0 fully saturated rings. The standard InChI is InChI=1S/C21H19ClN2O5S/c1-28-19-12-7-14(13-20(19)29-2)21(25)23-15-8-10-16(11-9-15)30(26,27)24-18-6-4-3-5-17(18)22/h3-13,24H,1-2H3,(H,23,25). The first-order chi connectivity index (χ1) is 14.3. The predicted octanol–water partition coefficient (Wildman–Crippen LogP) is 4.41. The van der Waals surface area contributed by atoms with Crippen LogP contribution in [0.4, 0.5) is 11.4 Å². The molecule has 0 aliphatic heterocycles. The average Bonchev–Trinajstić information content (AvgIpc) is 2.75. The molecule has 0 saturated carbocycles. The van der Waals surface area contributed by atoms with Crippen molar-refractivity contribution in [3.05, 3.63) is 77.3 Å². The van der Waals surface area contributed by atoms with Crippen molar-refractivity contribution in [1.29, 1.82) is 0 Å². The second-order valence-corrected chi connectivity index (χ2v) is 8.22. The summed E-state index contributed by atoms with van der Waals surface area (Å²) < 4.78 is 37.9. The molecule has 3 aromatic carbocycles. The van der Waals surface area contributed by atoms with Gasteiger partial charge in [0.2, 0.25) is 0 Å². The van der Waals surface area contributed by atoms with E-state index in [0.29, 0.717) is 27.8 Å². The van der Waals surface area contributed by atoms with Crippen LogP contribution in [0.15, 0.2) is 71.6 Å². The second-order valence-electron chi connectivity index (χ2n) is 6.13. The number of carbonyl (C=O) groups excluding carboxylic acids is 1. The molecule has 0 aromatic heterocycles. The average molecular weight is 447 g/mol. The van der Waals surface area contributed by atoms with E-state index in [9.17, 15) is 13.2 Å². The Balaban J connectivity index is 1.74. The lowest BCUT2D eigenvalue weighted by molar-refractivity contribution is 0.102. The number of para-hydroxylation sites is 1. The topological polar surface area (TPSA) is 93.7 Å². The Kier molecular flexibility index (Phi) is 6.49. The van der Waals surface area contributed by atoms with Gasteiger partial charge in [0.05, 0.1) is 29.8 Å². The first kappa shape index (κ1) is 21.5. The van der Waals surface area contributed by atoms with Gasteiger partial charge in [-0.2, -0.15) is 0 Å². The number of benzene rings is 3. The number of sulfonamides is 1. The van der Waals surface area contributed by atoms with Crippen LogP contribution in [0.3, 0.4) is 0 Å². The van der Waals surface area contributed by atoms with Gasteiger partial charge in [0.15, 0.2) is 11.5 Å². The fourth-order valence-corrected chi connectivity index (χ4v) is 3.96. The summed E-state index contributed by atoms with van der Waals surface area (Å²) in [4.78, 5) is 12.5. The maximum Gasteiger partial charge on any atom is 0.261 e. The fraction of sp³-hybridized carbons (Fsp3) is 0.0952. The monoisotopic (exact) mass is 446 g/mol. The summed E-state index contributed by atoms with van der Waals surface area (Å²) in [6.07, 6.45) is 0. The molecule has 3 rings (SSSR count). The molecule has 0 radical (unpaired) electrons. The highest BCUT2D eigenvalue weighted by Crippen LogP contribution is 2.28. The zero-order valence-electron chi connectivity index (χ0n) is 16.2. The molecular formula is C21H19ClN2O5S. The van der Waals surface area contributed by atoms with Crippen LogP contribution in [-0.4, -0.2) is 28.5 Å². The summed E-state index contributed by atoms with van der Waals surface area (Å²) in [5, 5.41) is 3.00. The van der Waals surface area contributed by atoms with Gasteiger partial charge in [-0.3, -0.25) is 9.52 Å². The van der Waals surface area contributed by atoms with E-state index in [1.165, 1.54) is 38.5 Å². The van der Waals surface area contributed by atoms with Crippen LogP contribution >= 0.6 is 11.6 Å². The number of hydrogen-bond donors (Lipinski definition) is 2. The molecule has 0 saturated heterocycles. The Morgan fingerprint density at radius 1 is 0.900 bits per heavy atom. The minimum Gasteiger partial charge on any atom is -0.493 e. The summed E-state index contributed by atoms with van der Waals surface area (Å²) in [7, 11) is -0.838. The first-order valence-electron chi connectivity index (χ1n) is 8.75. The highest BCUT2D eigenvalue weighted by atomic mass is 35.5. The Hall–Kier alpha value is -3.23. The van der Waals surface area contributed by atoms with Gasteiger partial charge >= 0.3 is 0 Å². The van der Waals surface area contributed by atoms with E-state index in [1.807, 2.05) is 0 Å². The van der Waals surface area contributed by atoms with Crippen molar-refractivity contribution in [3.8, 4) is 11.5 Å². The molecule has 2 N–H and O–H groups in total. The molecule has 0 heterocycles. The van der Waals surface area contributed by atoms with Crippen molar-refractivity contribution in [2.24, 2.45) is 0 Å². The number of halogens is 1. The van der Waals surface area contributed by atoms with E-state index in [4.69, 9.17) is 21.1 Å². The largest absolute Gasteiger partial charge is 0.493 e. The van der Waals surface area contributed by atoms with Gasteiger partial charge in [-0.25, -0.2) is 8.42 Å². The minimum atomic E-state index is -3.83. The molecule has 0 spiro atoms. The molecule has 0 unspecified atom stereocenters. The Morgan fingerprint density at radius 3 is 2.20 bits per heavy atom. The molecular weight excluding hydrogens is 428 g/mol. The normalized spacial score (nSPS) is 10.9. The van der Waals surface area contributed by atoms with E-state index < -0.39 is 10.0 Å². The van der Waals surface area contributed by atoms with E-state index in [0.717, 1.165) is 0 Å². The number of ether oxygens (including phenoxy) is 2. The second kappa shape index (κ2) is 9.06. The van der Waals surface area contributed by atoms with Gasteiger partial charge in [-0.15, -0.1) is 0 Å². The molecule has 0 aliphatic rings. The molecule has 0 atom stereocenters. The van der Waals surface area contributed by atoms with Crippen molar-refractivity contribution in [2.45, 2.75) is 4.90 Å². The summed E-state index contributed by atoms with van der Waals surface area (Å²) >= 11 is 6.01. The highest BCUT2D eigenvalue weighted by Gasteiger charge is 2.16. The maximum absolute atomic E-state index is 12.6. The van der Waals surface area contributed by atoms with Crippen molar-refractivity contribution < 1.29 is 22.7 Å². The molecule has 7 nitrogen and oxygen atoms in total. The number of amides is 1. The highest BCUT2D eigenvalue weighted by molar-refractivity contribution is 7.92.